The first-order valence-corrected chi connectivity index (χ1v) is 21.8. The summed E-state index contributed by atoms with van der Waals surface area (Å²) in [6.07, 6.45) is -5.22. The van der Waals surface area contributed by atoms with E-state index in [4.69, 9.17) is 40.0 Å². The van der Waals surface area contributed by atoms with Gasteiger partial charge in [0.1, 0.15) is 29.0 Å². The molecule has 0 unspecified atom stereocenters. The molecule has 15 heteroatoms. The number of esters is 1. The van der Waals surface area contributed by atoms with Gasteiger partial charge in [-0.05, 0) is 99.2 Å². The summed E-state index contributed by atoms with van der Waals surface area (Å²) in [5, 5.41) is 53.8. The maximum absolute atomic E-state index is 14.4. The molecule has 14 nitrogen and oxygen atoms in total. The van der Waals surface area contributed by atoms with E-state index in [9.17, 15) is 25.2 Å². The molecule has 6 N–H and O–H groups in total. The number of nitrogens with one attached hydrogen (secondary N) is 2. The molecule has 3 saturated heterocycles. The fourth-order valence-corrected chi connectivity index (χ4v) is 9.69. The van der Waals surface area contributed by atoms with Gasteiger partial charge in [-0.3, -0.25) is 4.79 Å². The molecule has 336 valence electrons. The van der Waals surface area contributed by atoms with Crippen LogP contribution < -0.4 is 10.6 Å². The molecule has 0 amide bonds. The fourth-order valence-electron chi connectivity index (χ4n) is 9.56. The third-order valence-electron chi connectivity index (χ3n) is 13.4. The number of ether oxygens (including phenoxy) is 6. The number of hydrogen-bond acceptors (Lipinski definition) is 14. The van der Waals surface area contributed by atoms with Crippen LogP contribution in [0.5, 0.6) is 0 Å². The summed E-state index contributed by atoms with van der Waals surface area (Å²) < 4.78 is 38.9. The van der Waals surface area contributed by atoms with Gasteiger partial charge in [-0.15, -0.1) is 11.6 Å². The molecule has 3 fully saturated rings. The van der Waals surface area contributed by atoms with Gasteiger partial charge in [-0.25, -0.2) is 0 Å². The zero-order valence-corrected chi connectivity index (χ0v) is 38.2. The lowest BCUT2D eigenvalue weighted by molar-refractivity contribution is -0.334. The van der Waals surface area contributed by atoms with E-state index >= 15 is 0 Å². The number of alkyl halides is 1. The lowest BCUT2D eigenvalue weighted by Gasteiger charge is -2.54. The number of hydrogen-bond donors (Lipinski definition) is 6. The van der Waals surface area contributed by atoms with Crippen LogP contribution in [-0.2, 0) is 33.2 Å². The highest BCUT2D eigenvalue weighted by molar-refractivity contribution is 6.17. The van der Waals surface area contributed by atoms with E-state index in [1.165, 1.54) is 6.92 Å². The Bertz CT molecular complexity index is 1250. The maximum Gasteiger partial charge on any atom is 0.311 e. The molecule has 0 saturated carbocycles. The van der Waals surface area contributed by atoms with Crippen molar-refractivity contribution >= 4 is 17.6 Å². The second kappa shape index (κ2) is 20.9. The highest BCUT2D eigenvalue weighted by atomic mass is 35.5. The number of aliphatic hydroxyl groups excluding tert-OH is 2. The Morgan fingerprint density at radius 1 is 1.00 bits per heavy atom. The first-order valence-electron chi connectivity index (χ1n) is 21.2. The number of aliphatic hydroxyl groups is 4. The molecule has 0 aromatic carbocycles. The maximum atomic E-state index is 14.4. The largest absolute Gasteiger partial charge is 0.459 e. The Morgan fingerprint density at radius 3 is 2.23 bits per heavy atom. The predicted molar refractivity (Wildman–Crippen MR) is 220 cm³/mol. The molecule has 17 atom stereocenters. The molecule has 0 aromatic rings. The van der Waals surface area contributed by atoms with Crippen molar-refractivity contribution in [3.05, 3.63) is 0 Å². The van der Waals surface area contributed by atoms with Gasteiger partial charge < -0.3 is 64.4 Å². The smallest absolute Gasteiger partial charge is 0.311 e. The summed E-state index contributed by atoms with van der Waals surface area (Å²) in [5.74, 6) is -1.98. The van der Waals surface area contributed by atoms with E-state index in [1.54, 1.807) is 27.9 Å². The van der Waals surface area contributed by atoms with Crippen molar-refractivity contribution in [2.24, 2.45) is 23.2 Å². The Balaban J connectivity index is 2.15. The summed E-state index contributed by atoms with van der Waals surface area (Å²) >= 11 is 5.90. The molecule has 3 aliphatic heterocycles. The van der Waals surface area contributed by atoms with Crippen LogP contribution >= 0.6 is 11.6 Å². The number of likely N-dealkylation sites (N-methyl/N-ethyl adjacent to an activating group) is 1. The first-order chi connectivity index (χ1) is 26.4. The van der Waals surface area contributed by atoms with Crippen LogP contribution in [0, 0.1) is 23.2 Å². The van der Waals surface area contributed by atoms with Crippen molar-refractivity contribution in [3.63, 3.8) is 0 Å². The van der Waals surface area contributed by atoms with Crippen LogP contribution in [0.1, 0.15) is 108 Å². The third-order valence-corrected chi connectivity index (χ3v) is 13.6. The average Bonchev–Trinajstić information content (AvgIpc) is 3.14. The molecule has 3 heterocycles. The van der Waals surface area contributed by atoms with Crippen molar-refractivity contribution in [2.45, 2.75) is 192 Å². The first kappa shape index (κ1) is 50.6. The lowest BCUT2D eigenvalue weighted by Crippen LogP contribution is -2.70. The van der Waals surface area contributed by atoms with E-state index in [-0.39, 0.29) is 43.5 Å². The van der Waals surface area contributed by atoms with E-state index in [0.717, 1.165) is 6.42 Å². The second-order valence-electron chi connectivity index (χ2n) is 18.9. The van der Waals surface area contributed by atoms with Gasteiger partial charge in [0.2, 0.25) is 0 Å². The van der Waals surface area contributed by atoms with E-state index in [1.807, 2.05) is 46.7 Å². The average molecular weight is 839 g/mol. The number of nitrogens with zero attached hydrogens (tertiary/aromatic N) is 1. The van der Waals surface area contributed by atoms with E-state index in [0.29, 0.717) is 31.8 Å². The molecule has 57 heavy (non-hydrogen) atoms. The molecule has 0 spiro atoms. The number of carbonyl (C=O) groups excluding carboxylic acids is 1. The normalized spacial score (nSPS) is 45.6. The van der Waals surface area contributed by atoms with Crippen LogP contribution in [0.3, 0.4) is 0 Å². The van der Waals surface area contributed by atoms with Gasteiger partial charge in [0.15, 0.2) is 12.6 Å². The number of halogens is 1. The standard InChI is InChI=1S/C42H80ClN3O11/c1-15-31-41(11,50)35(48)24(2)22-45-25(3)20-39(8,9)36(57-38-33(47)30(46(12)13)19-26(4)53-38)27(5)34(28(6)37(49)55-31)56-32-21-40(10,52-14)42(51,29(7)54-32)23-44-18-16-17-43/h24-36,38,44-45,47-48,50-51H,15-23H2,1-14H3/t24-,25+,26+,27-,28+,29-,30-,31+,32+,33+,34+,35+,36+,38-,40-,41+,42+/m0/s1. The number of rotatable bonds is 12. The van der Waals surface area contributed by atoms with Crippen LogP contribution in [0.2, 0.25) is 0 Å². The summed E-state index contributed by atoms with van der Waals surface area (Å²) in [4.78, 5) is 16.4. The predicted octanol–water partition coefficient (Wildman–Crippen LogP) is 3.42. The minimum absolute atomic E-state index is 0.0639. The van der Waals surface area contributed by atoms with Crippen molar-refractivity contribution in [1.82, 2.24) is 15.5 Å². The SMILES string of the molecule is CC[C@H]1OC(=O)[C@H](C)[C@H](O[C@@H]2C[C@](C)(OC)[C@@](O)(CNCCCCl)[C@H](C)O2)[C@H](C)[C@@H](O[C@@H]2O[C@H](C)C[C@H](N(C)C)[C@H]2O)C(C)(C)C[C@@H](C)NC[C@H](C)[C@@H](O)[C@]1(C)O. The molecule has 3 aliphatic rings. The molecular weight excluding hydrogens is 758 g/mol. The number of cyclic esters (lactones) is 1. The van der Waals surface area contributed by atoms with Gasteiger partial charge in [0, 0.05) is 50.5 Å². The monoisotopic (exact) mass is 838 g/mol. The van der Waals surface area contributed by atoms with Gasteiger partial charge in [0.05, 0.1) is 36.4 Å². The lowest BCUT2D eigenvalue weighted by atomic mass is 9.72. The van der Waals surface area contributed by atoms with Crippen LogP contribution in [0.4, 0.5) is 0 Å². The molecule has 0 aromatic heterocycles. The molecule has 0 bridgehead atoms. The summed E-state index contributed by atoms with van der Waals surface area (Å²) in [5.41, 5.74) is -4.91. The van der Waals surface area contributed by atoms with Crippen molar-refractivity contribution in [3.8, 4) is 0 Å². The van der Waals surface area contributed by atoms with Gasteiger partial charge in [0.25, 0.3) is 0 Å². The van der Waals surface area contributed by atoms with Gasteiger partial charge in [-0.2, -0.15) is 0 Å². The van der Waals surface area contributed by atoms with E-state index < -0.39 is 89.2 Å². The second-order valence-corrected chi connectivity index (χ2v) is 19.2. The number of methoxy groups -OCH3 is 1. The third kappa shape index (κ3) is 11.8. The molecule has 0 radical (unpaired) electrons. The van der Waals surface area contributed by atoms with Crippen molar-refractivity contribution in [2.75, 3.05) is 46.7 Å². The highest BCUT2D eigenvalue weighted by Crippen LogP contribution is 2.44. The Labute approximate surface area is 348 Å². The van der Waals surface area contributed by atoms with Crippen LogP contribution in [0.15, 0.2) is 0 Å². The van der Waals surface area contributed by atoms with E-state index in [2.05, 4.69) is 31.4 Å². The zero-order chi connectivity index (χ0) is 43.3. The van der Waals surface area contributed by atoms with Gasteiger partial charge >= 0.3 is 5.97 Å². The zero-order valence-electron chi connectivity index (χ0n) is 37.4. The highest BCUT2D eigenvalue weighted by Gasteiger charge is 2.58. The topological polar surface area (TPSA) is 181 Å². The fraction of sp³-hybridized carbons (Fsp3) is 0.976. The minimum atomic E-state index is -1.75. The minimum Gasteiger partial charge on any atom is -0.459 e. The Morgan fingerprint density at radius 2 is 1.65 bits per heavy atom. The van der Waals surface area contributed by atoms with Crippen LogP contribution in [0.25, 0.3) is 0 Å². The summed E-state index contributed by atoms with van der Waals surface area (Å²) in [6.45, 7) is 21.9. The Hall–Kier alpha value is -0.720. The van der Waals surface area contributed by atoms with Gasteiger partial charge in [-0.1, -0.05) is 34.6 Å². The Kier molecular flexibility index (Phi) is 18.6. The molecule has 3 rings (SSSR count). The molecule has 0 aliphatic carbocycles. The van der Waals surface area contributed by atoms with Crippen molar-refractivity contribution < 1.29 is 53.6 Å². The number of carbonyl (C=O) groups is 1. The van der Waals surface area contributed by atoms with Crippen molar-refractivity contribution in [1.29, 1.82) is 0 Å². The molecular formula is C42H80ClN3O11. The quantitative estimate of drug-likeness (QED) is 0.0957. The summed E-state index contributed by atoms with van der Waals surface area (Å²) in [6, 6.07) is -0.273. The summed E-state index contributed by atoms with van der Waals surface area (Å²) in [7, 11) is 5.41. The van der Waals surface area contributed by atoms with Crippen LogP contribution in [-0.4, -0.2) is 162 Å².